The van der Waals surface area contributed by atoms with Crippen molar-refractivity contribution in [1.82, 2.24) is 20.2 Å². The number of nitrogens with one attached hydrogen (secondary N) is 2. The van der Waals surface area contributed by atoms with Gasteiger partial charge in [-0.15, -0.1) is 0 Å². The van der Waals surface area contributed by atoms with Crippen LogP contribution in [-0.4, -0.2) is 40.4 Å². The van der Waals surface area contributed by atoms with Crippen molar-refractivity contribution >= 4 is 16.9 Å². The standard InChI is InChI=1S/C22H28N4O2/c1-15-9-12-26(13-10-15)14-17-6-7-19(28-17)22(27)23-11-8-20-24-18-5-3-4-16(2)21(18)25-20/h3-7,15H,8-14H2,1-2H3,(H,23,27)(H,24,25). The summed E-state index contributed by atoms with van der Waals surface area (Å²) in [5.74, 6) is 2.74. The summed E-state index contributed by atoms with van der Waals surface area (Å²) in [4.78, 5) is 22.7. The summed E-state index contributed by atoms with van der Waals surface area (Å²) in [6, 6.07) is 9.76. The van der Waals surface area contributed by atoms with Gasteiger partial charge in [0, 0.05) is 13.0 Å². The van der Waals surface area contributed by atoms with Crippen LogP contribution < -0.4 is 5.32 Å². The first-order valence-electron chi connectivity index (χ1n) is 10.1. The van der Waals surface area contributed by atoms with Crippen molar-refractivity contribution in [2.45, 2.75) is 39.7 Å². The highest BCUT2D eigenvalue weighted by Gasteiger charge is 2.18. The number of benzene rings is 1. The van der Waals surface area contributed by atoms with Gasteiger partial charge in [-0.3, -0.25) is 9.69 Å². The molecule has 3 aromatic rings. The minimum absolute atomic E-state index is 0.175. The molecule has 6 nitrogen and oxygen atoms in total. The molecule has 1 fully saturated rings. The van der Waals surface area contributed by atoms with E-state index in [2.05, 4.69) is 27.1 Å². The fraction of sp³-hybridized carbons (Fsp3) is 0.455. The third-order valence-electron chi connectivity index (χ3n) is 5.55. The van der Waals surface area contributed by atoms with E-state index in [4.69, 9.17) is 4.42 Å². The maximum absolute atomic E-state index is 12.4. The Balaban J connectivity index is 1.28. The van der Waals surface area contributed by atoms with Crippen molar-refractivity contribution < 1.29 is 9.21 Å². The third-order valence-corrected chi connectivity index (χ3v) is 5.55. The molecule has 0 atom stereocenters. The van der Waals surface area contributed by atoms with Crippen LogP contribution >= 0.6 is 0 Å². The first-order valence-corrected chi connectivity index (χ1v) is 10.1. The van der Waals surface area contributed by atoms with Crippen molar-refractivity contribution in [1.29, 1.82) is 0 Å². The molecule has 2 N–H and O–H groups in total. The van der Waals surface area contributed by atoms with E-state index in [-0.39, 0.29) is 5.91 Å². The van der Waals surface area contributed by atoms with E-state index in [0.717, 1.165) is 53.7 Å². The number of para-hydroxylation sites is 1. The van der Waals surface area contributed by atoms with Crippen LogP contribution in [0.15, 0.2) is 34.7 Å². The molecule has 3 heterocycles. The third kappa shape index (κ3) is 4.28. The van der Waals surface area contributed by atoms with Crippen LogP contribution in [0.5, 0.6) is 0 Å². The highest BCUT2D eigenvalue weighted by atomic mass is 16.4. The molecule has 0 unspecified atom stereocenters. The normalized spacial score (nSPS) is 15.9. The Morgan fingerprint density at radius 3 is 2.89 bits per heavy atom. The van der Waals surface area contributed by atoms with Gasteiger partial charge in [0.1, 0.15) is 11.6 Å². The summed E-state index contributed by atoms with van der Waals surface area (Å²) >= 11 is 0. The summed E-state index contributed by atoms with van der Waals surface area (Å²) in [5.41, 5.74) is 3.17. The van der Waals surface area contributed by atoms with Crippen molar-refractivity contribution in [2.75, 3.05) is 19.6 Å². The second kappa shape index (κ2) is 8.19. The molecule has 1 aliphatic heterocycles. The average Bonchev–Trinajstić information content (AvgIpc) is 3.31. The molecule has 2 aromatic heterocycles. The number of amides is 1. The molecule has 0 spiro atoms. The van der Waals surface area contributed by atoms with Gasteiger partial charge in [0.05, 0.1) is 17.6 Å². The second-order valence-electron chi connectivity index (χ2n) is 7.89. The van der Waals surface area contributed by atoms with Gasteiger partial charge in [-0.2, -0.15) is 0 Å². The quantitative estimate of drug-likeness (QED) is 0.684. The van der Waals surface area contributed by atoms with Gasteiger partial charge in [-0.25, -0.2) is 4.98 Å². The predicted molar refractivity (Wildman–Crippen MR) is 109 cm³/mol. The van der Waals surface area contributed by atoms with Crippen molar-refractivity contribution in [3.05, 3.63) is 53.2 Å². The number of carbonyl (C=O) groups excluding carboxylic acids is 1. The number of piperidine rings is 1. The monoisotopic (exact) mass is 380 g/mol. The average molecular weight is 380 g/mol. The van der Waals surface area contributed by atoms with E-state index in [0.29, 0.717) is 18.7 Å². The number of carbonyl (C=O) groups is 1. The number of hydrogen-bond donors (Lipinski definition) is 2. The highest BCUT2D eigenvalue weighted by molar-refractivity contribution is 5.91. The maximum atomic E-state index is 12.4. The van der Waals surface area contributed by atoms with Gasteiger partial charge in [-0.1, -0.05) is 19.1 Å². The van der Waals surface area contributed by atoms with Crippen LogP contribution in [0.3, 0.4) is 0 Å². The molecule has 4 rings (SSSR count). The smallest absolute Gasteiger partial charge is 0.287 e. The summed E-state index contributed by atoms with van der Waals surface area (Å²) in [7, 11) is 0. The molecule has 0 aliphatic carbocycles. The van der Waals surface area contributed by atoms with Gasteiger partial charge in [0.25, 0.3) is 5.91 Å². The number of likely N-dealkylation sites (tertiary alicyclic amines) is 1. The summed E-state index contributed by atoms with van der Waals surface area (Å²) < 4.78 is 5.76. The van der Waals surface area contributed by atoms with E-state index in [1.54, 1.807) is 6.07 Å². The van der Waals surface area contributed by atoms with Crippen molar-refractivity contribution in [3.63, 3.8) is 0 Å². The molecule has 1 saturated heterocycles. The van der Waals surface area contributed by atoms with E-state index < -0.39 is 0 Å². The number of aromatic nitrogens is 2. The number of aryl methyl sites for hydroxylation is 1. The number of furan rings is 1. The lowest BCUT2D eigenvalue weighted by molar-refractivity contribution is 0.0921. The van der Waals surface area contributed by atoms with Gasteiger partial charge in [0.15, 0.2) is 5.76 Å². The van der Waals surface area contributed by atoms with Gasteiger partial charge < -0.3 is 14.7 Å². The van der Waals surface area contributed by atoms with E-state index in [1.165, 1.54) is 12.8 Å². The first-order chi connectivity index (χ1) is 13.6. The van der Waals surface area contributed by atoms with E-state index >= 15 is 0 Å². The van der Waals surface area contributed by atoms with Crippen LogP contribution in [-0.2, 0) is 13.0 Å². The van der Waals surface area contributed by atoms with Crippen LogP contribution in [0.4, 0.5) is 0 Å². The number of rotatable bonds is 6. The number of aromatic amines is 1. The molecule has 0 saturated carbocycles. The second-order valence-corrected chi connectivity index (χ2v) is 7.89. The summed E-state index contributed by atoms with van der Waals surface area (Å²) in [6.07, 6.45) is 3.12. The fourth-order valence-corrected chi connectivity index (χ4v) is 3.75. The lowest BCUT2D eigenvalue weighted by atomic mass is 9.99. The SMILES string of the molecule is Cc1cccc2[nH]c(CCNC(=O)c3ccc(CN4CCC(C)CC4)o3)nc12. The lowest BCUT2D eigenvalue weighted by Crippen LogP contribution is -2.32. The number of imidazole rings is 1. The van der Waals surface area contributed by atoms with Crippen LogP contribution in [0, 0.1) is 12.8 Å². The number of fused-ring (bicyclic) bond motifs is 1. The van der Waals surface area contributed by atoms with Gasteiger partial charge in [0.2, 0.25) is 0 Å². The molecular formula is C22H28N4O2. The number of H-pyrrole nitrogens is 1. The van der Waals surface area contributed by atoms with Gasteiger partial charge in [-0.05, 0) is 62.5 Å². The zero-order valence-corrected chi connectivity index (χ0v) is 16.6. The molecule has 148 valence electrons. The maximum Gasteiger partial charge on any atom is 0.287 e. The van der Waals surface area contributed by atoms with Crippen molar-refractivity contribution in [2.24, 2.45) is 5.92 Å². The molecule has 28 heavy (non-hydrogen) atoms. The molecule has 1 aliphatic rings. The Morgan fingerprint density at radius 1 is 1.29 bits per heavy atom. The van der Waals surface area contributed by atoms with Crippen LogP contribution in [0.1, 0.15) is 47.5 Å². The minimum atomic E-state index is -0.175. The van der Waals surface area contributed by atoms with Crippen LogP contribution in [0.2, 0.25) is 0 Å². The predicted octanol–water partition coefficient (Wildman–Crippen LogP) is 3.67. The van der Waals surface area contributed by atoms with E-state index in [1.807, 2.05) is 31.2 Å². The number of nitrogens with zero attached hydrogens (tertiary/aromatic N) is 2. The first kappa shape index (κ1) is 18.7. The summed E-state index contributed by atoms with van der Waals surface area (Å²) in [5, 5.41) is 2.92. The highest BCUT2D eigenvalue weighted by Crippen LogP contribution is 2.19. The Morgan fingerprint density at radius 2 is 2.11 bits per heavy atom. The lowest BCUT2D eigenvalue weighted by Gasteiger charge is -2.29. The molecule has 1 aromatic carbocycles. The van der Waals surface area contributed by atoms with Gasteiger partial charge >= 0.3 is 0 Å². The Hall–Kier alpha value is -2.60. The molecular weight excluding hydrogens is 352 g/mol. The van der Waals surface area contributed by atoms with Crippen molar-refractivity contribution in [3.8, 4) is 0 Å². The Labute approximate surface area is 165 Å². The minimum Gasteiger partial charge on any atom is -0.455 e. The number of hydrogen-bond acceptors (Lipinski definition) is 4. The topological polar surface area (TPSA) is 74.2 Å². The molecule has 1 amide bonds. The zero-order valence-electron chi connectivity index (χ0n) is 16.6. The Bertz CT molecular complexity index is 951. The molecule has 0 radical (unpaired) electrons. The molecule has 6 heteroatoms. The summed E-state index contributed by atoms with van der Waals surface area (Å²) in [6.45, 7) is 7.84. The van der Waals surface area contributed by atoms with Crippen LogP contribution in [0.25, 0.3) is 11.0 Å². The largest absolute Gasteiger partial charge is 0.455 e. The fourth-order valence-electron chi connectivity index (χ4n) is 3.75. The zero-order chi connectivity index (χ0) is 19.5. The van der Waals surface area contributed by atoms with E-state index in [9.17, 15) is 4.79 Å². The molecule has 0 bridgehead atoms. The Kier molecular flexibility index (Phi) is 5.48.